The predicted octanol–water partition coefficient (Wildman–Crippen LogP) is 2.46. The van der Waals surface area contributed by atoms with Gasteiger partial charge in [-0.2, -0.15) is 5.10 Å². The molecule has 0 amide bonds. The summed E-state index contributed by atoms with van der Waals surface area (Å²) in [5.41, 5.74) is 6.38. The number of fused-ring (bicyclic) bond motifs is 1. The highest BCUT2D eigenvalue weighted by molar-refractivity contribution is 6.04. The van der Waals surface area contributed by atoms with Gasteiger partial charge in [-0.15, -0.1) is 12.4 Å². The predicted molar refractivity (Wildman–Crippen MR) is 81.3 cm³/mol. The van der Waals surface area contributed by atoms with E-state index >= 15 is 0 Å². The molecule has 3 rings (SSSR count). The molecule has 0 atom stereocenters. The first-order valence-electron chi connectivity index (χ1n) is 6.16. The molecule has 1 aromatic carbocycles. The van der Waals surface area contributed by atoms with Gasteiger partial charge in [0.05, 0.1) is 11.9 Å². The smallest absolute Gasteiger partial charge is 0.163 e. The summed E-state index contributed by atoms with van der Waals surface area (Å²) in [5.74, 6) is -2.03. The van der Waals surface area contributed by atoms with Gasteiger partial charge in [-0.05, 0) is 18.2 Å². The average Bonchev–Trinajstić information content (AvgIpc) is 2.83. The number of nitrogen functional groups attached to an aromatic ring is 1. The monoisotopic (exact) mass is 323 g/mol. The number of benzene rings is 1. The van der Waals surface area contributed by atoms with Crippen molar-refractivity contribution in [1.82, 2.24) is 14.8 Å². The number of pyridine rings is 1. The molecule has 0 aliphatic carbocycles. The highest BCUT2D eigenvalue weighted by Gasteiger charge is 2.15. The number of amidine groups is 1. The molecule has 2 heterocycles. The highest BCUT2D eigenvalue weighted by atomic mass is 35.5. The Bertz CT molecular complexity index is 846. The van der Waals surface area contributed by atoms with Crippen LogP contribution in [0.2, 0.25) is 0 Å². The van der Waals surface area contributed by atoms with Crippen molar-refractivity contribution in [3.8, 4) is 0 Å². The van der Waals surface area contributed by atoms with Crippen LogP contribution >= 0.6 is 12.4 Å². The SMILES string of the molecule is Cl.N=C(N)c1nn(Cc2cccc(F)c2F)c2ncccc12. The Hall–Kier alpha value is -2.54. The molecule has 8 heteroatoms. The summed E-state index contributed by atoms with van der Waals surface area (Å²) in [6.07, 6.45) is 1.56. The minimum Gasteiger partial charge on any atom is -0.382 e. The van der Waals surface area contributed by atoms with Gasteiger partial charge in [0, 0.05) is 11.8 Å². The lowest BCUT2D eigenvalue weighted by Crippen LogP contribution is -2.13. The zero-order valence-electron chi connectivity index (χ0n) is 11.3. The Morgan fingerprint density at radius 2 is 2.00 bits per heavy atom. The third-order valence-corrected chi connectivity index (χ3v) is 3.11. The fraction of sp³-hybridized carbons (Fsp3) is 0.0714. The molecule has 0 aliphatic heterocycles. The zero-order valence-corrected chi connectivity index (χ0v) is 12.1. The van der Waals surface area contributed by atoms with E-state index in [0.29, 0.717) is 11.0 Å². The average molecular weight is 324 g/mol. The summed E-state index contributed by atoms with van der Waals surface area (Å²) < 4.78 is 28.4. The second-order valence-electron chi connectivity index (χ2n) is 4.51. The van der Waals surface area contributed by atoms with E-state index in [1.807, 2.05) is 0 Å². The van der Waals surface area contributed by atoms with E-state index in [1.54, 1.807) is 18.3 Å². The van der Waals surface area contributed by atoms with Gasteiger partial charge < -0.3 is 5.73 Å². The van der Waals surface area contributed by atoms with Crippen LogP contribution in [0, 0.1) is 17.0 Å². The number of nitrogens with one attached hydrogen (secondary N) is 1. The standard InChI is InChI=1S/C14H11F2N5.ClH/c15-10-5-1-3-8(11(10)16)7-21-14-9(4-2-6-19-14)12(20-21)13(17)18;/h1-6H,7H2,(H3,17,18);1H. The Morgan fingerprint density at radius 1 is 1.23 bits per heavy atom. The van der Waals surface area contributed by atoms with Crippen LogP contribution in [-0.2, 0) is 6.54 Å². The van der Waals surface area contributed by atoms with E-state index in [-0.39, 0.29) is 36.0 Å². The molecule has 22 heavy (non-hydrogen) atoms. The van der Waals surface area contributed by atoms with Gasteiger partial charge >= 0.3 is 0 Å². The van der Waals surface area contributed by atoms with Crippen molar-refractivity contribution in [1.29, 1.82) is 5.41 Å². The summed E-state index contributed by atoms with van der Waals surface area (Å²) in [7, 11) is 0. The van der Waals surface area contributed by atoms with Crippen LogP contribution in [0.15, 0.2) is 36.5 Å². The van der Waals surface area contributed by atoms with Crippen LogP contribution in [0.5, 0.6) is 0 Å². The van der Waals surface area contributed by atoms with Gasteiger partial charge in [0.25, 0.3) is 0 Å². The molecule has 0 fully saturated rings. The van der Waals surface area contributed by atoms with Crippen molar-refractivity contribution < 1.29 is 8.78 Å². The van der Waals surface area contributed by atoms with Crippen molar-refractivity contribution in [2.24, 2.45) is 5.73 Å². The molecule has 3 aromatic rings. The maximum absolute atomic E-state index is 13.7. The number of nitrogens with zero attached hydrogens (tertiary/aromatic N) is 3. The summed E-state index contributed by atoms with van der Waals surface area (Å²) in [6.45, 7) is 0.00435. The van der Waals surface area contributed by atoms with Gasteiger partial charge in [-0.3, -0.25) is 5.41 Å². The summed E-state index contributed by atoms with van der Waals surface area (Å²) in [4.78, 5) is 4.16. The van der Waals surface area contributed by atoms with Gasteiger partial charge in [0.2, 0.25) is 0 Å². The van der Waals surface area contributed by atoms with E-state index < -0.39 is 11.6 Å². The first-order valence-corrected chi connectivity index (χ1v) is 6.16. The van der Waals surface area contributed by atoms with Crippen molar-refractivity contribution >= 4 is 29.3 Å². The number of hydrogen-bond donors (Lipinski definition) is 2. The quantitative estimate of drug-likeness (QED) is 0.574. The van der Waals surface area contributed by atoms with Crippen molar-refractivity contribution in [3.05, 3.63) is 59.4 Å². The van der Waals surface area contributed by atoms with E-state index in [9.17, 15) is 8.78 Å². The first-order chi connectivity index (χ1) is 10.1. The summed E-state index contributed by atoms with van der Waals surface area (Å²) in [6, 6.07) is 7.38. The van der Waals surface area contributed by atoms with E-state index in [2.05, 4.69) is 10.1 Å². The molecule has 114 valence electrons. The van der Waals surface area contributed by atoms with Gasteiger partial charge in [0.15, 0.2) is 17.3 Å². The van der Waals surface area contributed by atoms with Crippen LogP contribution in [0.3, 0.4) is 0 Å². The minimum absolute atomic E-state index is 0. The van der Waals surface area contributed by atoms with Gasteiger partial charge in [-0.25, -0.2) is 18.4 Å². The molecule has 2 aromatic heterocycles. The fourth-order valence-corrected chi connectivity index (χ4v) is 2.15. The molecule has 5 nitrogen and oxygen atoms in total. The van der Waals surface area contributed by atoms with E-state index in [1.165, 1.54) is 16.8 Å². The van der Waals surface area contributed by atoms with Crippen LogP contribution in [-0.4, -0.2) is 20.6 Å². The third-order valence-electron chi connectivity index (χ3n) is 3.11. The lowest BCUT2D eigenvalue weighted by Gasteiger charge is -2.05. The highest BCUT2D eigenvalue weighted by Crippen LogP contribution is 2.19. The van der Waals surface area contributed by atoms with Crippen LogP contribution in [0.25, 0.3) is 11.0 Å². The number of aromatic nitrogens is 3. The molecular formula is C14H12ClF2N5. The molecule has 0 saturated carbocycles. The Morgan fingerprint density at radius 3 is 2.73 bits per heavy atom. The molecule has 0 radical (unpaired) electrons. The first kappa shape index (κ1) is 15.8. The topological polar surface area (TPSA) is 80.6 Å². The molecule has 0 unspecified atom stereocenters. The number of nitrogens with two attached hydrogens (primary N) is 1. The number of rotatable bonds is 3. The maximum Gasteiger partial charge on any atom is 0.163 e. The lowest BCUT2D eigenvalue weighted by atomic mass is 10.2. The Labute approximate surface area is 130 Å². The van der Waals surface area contributed by atoms with Crippen LogP contribution < -0.4 is 5.73 Å². The van der Waals surface area contributed by atoms with Crippen LogP contribution in [0.4, 0.5) is 8.78 Å². The van der Waals surface area contributed by atoms with Crippen molar-refractivity contribution in [2.75, 3.05) is 0 Å². The summed E-state index contributed by atoms with van der Waals surface area (Å²) >= 11 is 0. The summed E-state index contributed by atoms with van der Waals surface area (Å²) in [5, 5.41) is 12.3. The van der Waals surface area contributed by atoms with Crippen molar-refractivity contribution in [2.45, 2.75) is 6.54 Å². The third kappa shape index (κ3) is 2.62. The second-order valence-corrected chi connectivity index (χ2v) is 4.51. The number of hydrogen-bond acceptors (Lipinski definition) is 3. The maximum atomic E-state index is 13.7. The molecule has 3 N–H and O–H groups in total. The number of halogens is 3. The molecule has 0 spiro atoms. The van der Waals surface area contributed by atoms with E-state index in [4.69, 9.17) is 11.1 Å². The second kappa shape index (κ2) is 6.07. The lowest BCUT2D eigenvalue weighted by molar-refractivity contribution is 0.493. The Kier molecular flexibility index (Phi) is 4.37. The van der Waals surface area contributed by atoms with Crippen LogP contribution in [0.1, 0.15) is 11.3 Å². The Balaban J connectivity index is 0.00000176. The molecule has 0 bridgehead atoms. The molecular weight excluding hydrogens is 312 g/mol. The molecule has 0 aliphatic rings. The minimum atomic E-state index is -0.915. The van der Waals surface area contributed by atoms with Gasteiger partial charge in [0.1, 0.15) is 11.5 Å². The van der Waals surface area contributed by atoms with Crippen molar-refractivity contribution in [3.63, 3.8) is 0 Å². The largest absolute Gasteiger partial charge is 0.382 e. The normalized spacial score (nSPS) is 10.5. The van der Waals surface area contributed by atoms with Gasteiger partial charge in [-0.1, -0.05) is 12.1 Å². The van der Waals surface area contributed by atoms with E-state index in [0.717, 1.165) is 6.07 Å². The molecule has 0 saturated heterocycles. The fourth-order valence-electron chi connectivity index (χ4n) is 2.15. The zero-order chi connectivity index (χ0) is 15.0.